The Balaban J connectivity index is 1.41. The van der Waals surface area contributed by atoms with E-state index in [0.29, 0.717) is 29.5 Å². The Hall–Kier alpha value is -2.43. The number of nitrogen functional groups attached to an aromatic ring is 1. The van der Waals surface area contributed by atoms with Crippen molar-refractivity contribution in [2.24, 2.45) is 5.73 Å². The fraction of sp³-hybridized carbons (Fsp3) is 0.364. The molecule has 2 aliphatic heterocycles. The summed E-state index contributed by atoms with van der Waals surface area (Å²) in [6.07, 6.45) is 5.12. The molecule has 174 valence electrons. The molecule has 0 spiro atoms. The minimum absolute atomic E-state index is 0.0964. The molecule has 4 heterocycles. The van der Waals surface area contributed by atoms with E-state index in [1.54, 1.807) is 30.1 Å². The first kappa shape index (κ1) is 22.4. The van der Waals surface area contributed by atoms with Gasteiger partial charge in [0.1, 0.15) is 24.1 Å². The quantitative estimate of drug-likeness (QED) is 0.514. The standard InChI is InChI=1S/C22H22Cl2FN5O3/c1-11(19-14(23)2-3-15(25)20(19)24)33-16-6-12(7-28-21(16)26)13-8-29-30(9-13)17-10-31-18-4-5-32-22(17,18)27/h2-3,6-9,11,17-18H,4-5,10,27H2,1H3,(H2,26,28). The van der Waals surface area contributed by atoms with Crippen LogP contribution in [0.4, 0.5) is 10.2 Å². The number of benzene rings is 1. The number of ether oxygens (including phenoxy) is 3. The van der Waals surface area contributed by atoms with Crippen LogP contribution in [0.25, 0.3) is 11.1 Å². The molecule has 0 bridgehead atoms. The zero-order valence-electron chi connectivity index (χ0n) is 17.7. The van der Waals surface area contributed by atoms with Gasteiger partial charge in [-0.05, 0) is 25.1 Å². The molecule has 5 rings (SSSR count). The van der Waals surface area contributed by atoms with E-state index < -0.39 is 17.6 Å². The smallest absolute Gasteiger partial charge is 0.167 e. The molecule has 3 aromatic rings. The highest BCUT2D eigenvalue weighted by Crippen LogP contribution is 2.41. The number of hydrogen-bond donors (Lipinski definition) is 2. The normalized spacial score (nSPS) is 25.2. The first-order valence-electron chi connectivity index (χ1n) is 10.4. The zero-order chi connectivity index (χ0) is 23.3. The lowest BCUT2D eigenvalue weighted by Crippen LogP contribution is -2.51. The summed E-state index contributed by atoms with van der Waals surface area (Å²) >= 11 is 12.3. The molecule has 11 heteroatoms. The summed E-state index contributed by atoms with van der Waals surface area (Å²) < 4.78 is 33.3. The Kier molecular flexibility index (Phi) is 5.70. The molecule has 4 unspecified atom stereocenters. The van der Waals surface area contributed by atoms with E-state index in [-0.39, 0.29) is 23.0 Å². The van der Waals surface area contributed by atoms with Gasteiger partial charge in [0.15, 0.2) is 17.3 Å². The second kappa shape index (κ2) is 8.41. The van der Waals surface area contributed by atoms with Gasteiger partial charge in [0.25, 0.3) is 0 Å². The van der Waals surface area contributed by atoms with Crippen molar-refractivity contribution in [1.29, 1.82) is 0 Å². The monoisotopic (exact) mass is 493 g/mol. The number of hydrogen-bond acceptors (Lipinski definition) is 7. The summed E-state index contributed by atoms with van der Waals surface area (Å²) in [5.41, 5.74) is 13.5. The maximum Gasteiger partial charge on any atom is 0.167 e. The number of anilines is 1. The molecule has 2 aliphatic rings. The summed E-state index contributed by atoms with van der Waals surface area (Å²) in [6.45, 7) is 2.69. The van der Waals surface area contributed by atoms with E-state index in [1.165, 1.54) is 12.1 Å². The van der Waals surface area contributed by atoms with Gasteiger partial charge in [-0.2, -0.15) is 5.10 Å². The van der Waals surface area contributed by atoms with Gasteiger partial charge in [-0.25, -0.2) is 9.37 Å². The molecule has 33 heavy (non-hydrogen) atoms. The highest BCUT2D eigenvalue weighted by atomic mass is 35.5. The minimum atomic E-state index is -0.893. The first-order chi connectivity index (χ1) is 15.8. The summed E-state index contributed by atoms with van der Waals surface area (Å²) in [5, 5.41) is 4.67. The van der Waals surface area contributed by atoms with E-state index >= 15 is 0 Å². The van der Waals surface area contributed by atoms with Crippen LogP contribution in [0.5, 0.6) is 5.75 Å². The van der Waals surface area contributed by atoms with Crippen molar-refractivity contribution in [2.75, 3.05) is 18.9 Å². The fourth-order valence-corrected chi connectivity index (χ4v) is 5.01. The molecule has 0 radical (unpaired) electrons. The maximum atomic E-state index is 13.9. The average Bonchev–Trinajstić information content (AvgIpc) is 3.47. The molecule has 2 saturated heterocycles. The van der Waals surface area contributed by atoms with Gasteiger partial charge in [0, 0.05) is 40.5 Å². The van der Waals surface area contributed by atoms with Gasteiger partial charge in [-0.15, -0.1) is 0 Å². The van der Waals surface area contributed by atoms with Crippen LogP contribution in [0.15, 0.2) is 36.8 Å². The average molecular weight is 494 g/mol. The highest BCUT2D eigenvalue weighted by molar-refractivity contribution is 6.36. The van der Waals surface area contributed by atoms with Crippen LogP contribution < -0.4 is 16.2 Å². The van der Waals surface area contributed by atoms with Gasteiger partial charge in [-0.3, -0.25) is 10.4 Å². The number of halogens is 3. The largest absolute Gasteiger partial charge is 0.482 e. The van der Waals surface area contributed by atoms with Gasteiger partial charge in [-0.1, -0.05) is 23.2 Å². The van der Waals surface area contributed by atoms with Crippen molar-refractivity contribution in [3.05, 3.63) is 58.2 Å². The van der Waals surface area contributed by atoms with Crippen molar-refractivity contribution in [3.8, 4) is 16.9 Å². The van der Waals surface area contributed by atoms with Gasteiger partial charge in [0.05, 0.1) is 24.4 Å². The van der Waals surface area contributed by atoms with Gasteiger partial charge < -0.3 is 19.9 Å². The molecule has 2 fully saturated rings. The highest BCUT2D eigenvalue weighted by Gasteiger charge is 2.54. The molecule has 4 atom stereocenters. The Morgan fingerprint density at radius 2 is 2.12 bits per heavy atom. The van der Waals surface area contributed by atoms with Crippen LogP contribution in [0.1, 0.15) is 31.1 Å². The number of nitrogens with zero attached hydrogens (tertiary/aromatic N) is 3. The van der Waals surface area contributed by atoms with Gasteiger partial charge in [0.2, 0.25) is 0 Å². The Labute approximate surface area is 199 Å². The molecule has 0 saturated carbocycles. The third-order valence-electron chi connectivity index (χ3n) is 6.14. The summed E-state index contributed by atoms with van der Waals surface area (Å²) in [4.78, 5) is 4.24. The van der Waals surface area contributed by atoms with Crippen molar-refractivity contribution >= 4 is 29.0 Å². The van der Waals surface area contributed by atoms with Crippen LogP contribution in [-0.4, -0.2) is 39.8 Å². The van der Waals surface area contributed by atoms with Gasteiger partial charge >= 0.3 is 0 Å². The molecule has 1 aromatic carbocycles. The van der Waals surface area contributed by atoms with Crippen molar-refractivity contribution in [3.63, 3.8) is 0 Å². The molecule has 4 N–H and O–H groups in total. The van der Waals surface area contributed by atoms with E-state index in [4.69, 9.17) is 48.9 Å². The Morgan fingerprint density at radius 3 is 2.94 bits per heavy atom. The van der Waals surface area contributed by atoms with Crippen molar-refractivity contribution in [2.45, 2.75) is 37.3 Å². The molecule has 0 amide bonds. The van der Waals surface area contributed by atoms with E-state index in [2.05, 4.69) is 10.1 Å². The minimum Gasteiger partial charge on any atom is -0.482 e. The number of aromatic nitrogens is 3. The molecule has 0 aliphatic carbocycles. The molecule has 8 nitrogen and oxygen atoms in total. The van der Waals surface area contributed by atoms with Crippen LogP contribution in [-0.2, 0) is 9.47 Å². The second-order valence-electron chi connectivity index (χ2n) is 8.16. The lowest BCUT2D eigenvalue weighted by Gasteiger charge is -2.28. The van der Waals surface area contributed by atoms with Crippen LogP contribution in [0.2, 0.25) is 10.0 Å². The SMILES string of the molecule is CC(Oc1cc(-c2cnn(C3COC4CCOC43N)c2)cnc1N)c1c(Cl)ccc(F)c1Cl. The van der Waals surface area contributed by atoms with Crippen molar-refractivity contribution < 1.29 is 18.6 Å². The lowest BCUT2D eigenvalue weighted by atomic mass is 10.0. The number of nitrogens with two attached hydrogens (primary N) is 2. The summed E-state index contributed by atoms with van der Waals surface area (Å²) in [5.74, 6) is -0.0994. The van der Waals surface area contributed by atoms with Crippen LogP contribution in [0, 0.1) is 5.82 Å². The molecular weight excluding hydrogens is 472 g/mol. The van der Waals surface area contributed by atoms with Crippen LogP contribution >= 0.6 is 23.2 Å². The lowest BCUT2D eigenvalue weighted by molar-refractivity contribution is -0.0369. The first-order valence-corrected chi connectivity index (χ1v) is 11.2. The molecular formula is C22H22Cl2FN5O3. The maximum absolute atomic E-state index is 13.9. The second-order valence-corrected chi connectivity index (χ2v) is 8.95. The Morgan fingerprint density at radius 1 is 1.30 bits per heavy atom. The third kappa shape index (κ3) is 3.83. The third-order valence-corrected chi connectivity index (χ3v) is 6.85. The van der Waals surface area contributed by atoms with E-state index in [1.807, 2.05) is 6.20 Å². The number of fused-ring (bicyclic) bond motifs is 1. The predicted octanol–water partition coefficient (Wildman–Crippen LogP) is 4.13. The Bertz CT molecular complexity index is 1210. The summed E-state index contributed by atoms with van der Waals surface area (Å²) in [7, 11) is 0. The predicted molar refractivity (Wildman–Crippen MR) is 122 cm³/mol. The topological polar surface area (TPSA) is 110 Å². The van der Waals surface area contributed by atoms with Crippen LogP contribution in [0.3, 0.4) is 0 Å². The molecule has 2 aromatic heterocycles. The zero-order valence-corrected chi connectivity index (χ0v) is 19.2. The summed E-state index contributed by atoms with van der Waals surface area (Å²) in [6, 6.07) is 4.13. The number of pyridine rings is 1. The van der Waals surface area contributed by atoms with E-state index in [9.17, 15) is 4.39 Å². The van der Waals surface area contributed by atoms with Crippen molar-refractivity contribution in [1.82, 2.24) is 14.8 Å². The van der Waals surface area contributed by atoms with E-state index in [0.717, 1.165) is 17.5 Å². The number of rotatable bonds is 5. The fourth-order valence-electron chi connectivity index (χ4n) is 4.34.